The molecule has 0 aromatic carbocycles. The van der Waals surface area contributed by atoms with E-state index in [-0.39, 0.29) is 26.1 Å². The van der Waals surface area contributed by atoms with Crippen molar-refractivity contribution in [1.82, 2.24) is 0 Å². The fourth-order valence-corrected chi connectivity index (χ4v) is 5.49. The summed E-state index contributed by atoms with van der Waals surface area (Å²) in [6.07, 6.45) is 41.3. The van der Waals surface area contributed by atoms with E-state index >= 15 is 0 Å². The van der Waals surface area contributed by atoms with Crippen molar-refractivity contribution in [2.75, 3.05) is 19.8 Å². The maximum absolute atomic E-state index is 12.7. The van der Waals surface area contributed by atoms with E-state index in [1.807, 2.05) is 6.08 Å². The van der Waals surface area contributed by atoms with Gasteiger partial charge in [0.1, 0.15) is 31.0 Å². The number of carbonyl (C=O) groups is 2. The molecule has 0 aliphatic carbocycles. The molecule has 0 radical (unpaired) electrons. The summed E-state index contributed by atoms with van der Waals surface area (Å²) >= 11 is 0. The molecule has 10 heteroatoms. The number of ether oxygens (including phenoxy) is 4. The lowest BCUT2D eigenvalue weighted by molar-refractivity contribution is -0.305. The van der Waals surface area contributed by atoms with Crippen LogP contribution in [0.5, 0.6) is 0 Å². The second-order valence-corrected chi connectivity index (χ2v) is 13.8. The van der Waals surface area contributed by atoms with Gasteiger partial charge in [-0.1, -0.05) is 117 Å². The summed E-state index contributed by atoms with van der Waals surface area (Å²) in [5.41, 5.74) is 0. The van der Waals surface area contributed by atoms with Gasteiger partial charge in [-0.3, -0.25) is 9.59 Å². The van der Waals surface area contributed by atoms with Crippen LogP contribution in [0.25, 0.3) is 0 Å². The highest BCUT2D eigenvalue weighted by molar-refractivity contribution is 5.70. The van der Waals surface area contributed by atoms with E-state index in [1.165, 1.54) is 0 Å². The van der Waals surface area contributed by atoms with Crippen LogP contribution in [0.3, 0.4) is 0 Å². The zero-order chi connectivity index (χ0) is 41.6. The van der Waals surface area contributed by atoms with Gasteiger partial charge in [-0.15, -0.1) is 6.58 Å². The Morgan fingerprint density at radius 3 is 1.60 bits per heavy atom. The number of aliphatic hydroxyl groups is 4. The van der Waals surface area contributed by atoms with E-state index in [1.54, 1.807) is 0 Å². The van der Waals surface area contributed by atoms with Crippen molar-refractivity contribution in [3.63, 3.8) is 0 Å². The first-order valence-electron chi connectivity index (χ1n) is 20.9. The minimum atomic E-state index is -1.62. The van der Waals surface area contributed by atoms with E-state index < -0.39 is 55.4 Å². The lowest BCUT2D eigenvalue weighted by Crippen LogP contribution is -2.59. The molecule has 57 heavy (non-hydrogen) atoms. The maximum Gasteiger partial charge on any atom is 0.306 e. The average molecular weight is 797 g/mol. The molecule has 0 spiro atoms. The highest BCUT2D eigenvalue weighted by Crippen LogP contribution is 2.22. The van der Waals surface area contributed by atoms with Crippen LogP contribution in [0, 0.1) is 0 Å². The van der Waals surface area contributed by atoms with Gasteiger partial charge in [0.25, 0.3) is 0 Å². The molecule has 0 aromatic heterocycles. The number of aliphatic hydroxyl groups excluding tert-OH is 4. The molecule has 0 amide bonds. The Kier molecular flexibility index (Phi) is 33.1. The van der Waals surface area contributed by atoms with Crippen molar-refractivity contribution in [3.05, 3.63) is 110 Å². The highest BCUT2D eigenvalue weighted by atomic mass is 16.7. The summed E-state index contributed by atoms with van der Waals surface area (Å²) in [5.74, 6) is -0.911. The maximum atomic E-state index is 12.7. The molecule has 10 nitrogen and oxygen atoms in total. The second kappa shape index (κ2) is 36.7. The van der Waals surface area contributed by atoms with Crippen LogP contribution in [0.15, 0.2) is 110 Å². The van der Waals surface area contributed by atoms with Gasteiger partial charge >= 0.3 is 11.9 Å². The number of allylic oxidation sites excluding steroid dienone is 17. The van der Waals surface area contributed by atoms with Crippen molar-refractivity contribution >= 4 is 11.9 Å². The Hall–Kier alpha value is -3.64. The average Bonchev–Trinajstić information content (AvgIpc) is 3.21. The first kappa shape index (κ1) is 51.4. The third-order valence-corrected chi connectivity index (χ3v) is 8.78. The van der Waals surface area contributed by atoms with Crippen LogP contribution in [0.1, 0.15) is 116 Å². The fraction of sp³-hybridized carbons (Fsp3) is 0.574. The van der Waals surface area contributed by atoms with Gasteiger partial charge in [0, 0.05) is 12.8 Å². The third kappa shape index (κ3) is 28.4. The molecule has 1 heterocycles. The molecule has 0 saturated carbocycles. The number of esters is 2. The minimum Gasteiger partial charge on any atom is -0.462 e. The van der Waals surface area contributed by atoms with Crippen LogP contribution in [-0.4, -0.2) is 89.0 Å². The quantitative estimate of drug-likeness (QED) is 0.0289. The van der Waals surface area contributed by atoms with Crippen molar-refractivity contribution in [1.29, 1.82) is 0 Å². The van der Waals surface area contributed by atoms with Crippen LogP contribution in [0.2, 0.25) is 0 Å². The standard InChI is InChI=1S/C47H72O10/c1-3-5-7-9-11-13-15-17-19-21-23-25-27-29-31-33-35-42(49)54-38-40(39-55-47-46(53)45(52)44(51)41(37-48)57-47)56-43(50)36-34-32-30-28-26-24-22-20-18-16-14-12-10-8-6-4-2/h4-5,7-8,10-11,13-14,16-17,19-20,22-23,25-26,28,40-41,44-48,51-53H,2-3,6,9,12,15,18,21,24,27,29-39H2,1H3/b7-5+,10-8+,13-11+,16-14+,19-17+,22-20+,25-23+,28-26+/t40-,41?,44?,45?,46?,47?/m1/s1. The van der Waals surface area contributed by atoms with Crippen molar-refractivity contribution in [2.24, 2.45) is 0 Å². The molecule has 4 N–H and O–H groups in total. The molecule has 320 valence electrons. The lowest BCUT2D eigenvalue weighted by atomic mass is 9.99. The van der Waals surface area contributed by atoms with Crippen molar-refractivity contribution in [3.8, 4) is 0 Å². The van der Waals surface area contributed by atoms with Crippen LogP contribution >= 0.6 is 0 Å². The Morgan fingerprint density at radius 2 is 1.07 bits per heavy atom. The Labute approximate surface area is 342 Å². The Bertz CT molecular complexity index is 1270. The summed E-state index contributed by atoms with van der Waals surface area (Å²) in [6.45, 7) is 4.64. The number of rotatable bonds is 33. The van der Waals surface area contributed by atoms with Gasteiger partial charge < -0.3 is 39.4 Å². The number of carbonyl (C=O) groups excluding carboxylic acids is 2. The van der Waals surface area contributed by atoms with Crippen LogP contribution in [-0.2, 0) is 28.5 Å². The van der Waals surface area contributed by atoms with E-state index in [0.717, 1.165) is 83.5 Å². The highest BCUT2D eigenvalue weighted by Gasteiger charge is 2.44. The fourth-order valence-electron chi connectivity index (χ4n) is 5.49. The van der Waals surface area contributed by atoms with E-state index in [2.05, 4.69) is 111 Å². The third-order valence-electron chi connectivity index (χ3n) is 8.78. The number of unbranched alkanes of at least 4 members (excludes halogenated alkanes) is 5. The molecular weight excluding hydrogens is 725 g/mol. The van der Waals surface area contributed by atoms with E-state index in [9.17, 15) is 30.0 Å². The first-order chi connectivity index (χ1) is 27.8. The van der Waals surface area contributed by atoms with Crippen molar-refractivity contribution < 1.29 is 49.0 Å². The molecule has 1 fully saturated rings. The zero-order valence-electron chi connectivity index (χ0n) is 34.4. The summed E-state index contributed by atoms with van der Waals surface area (Å²) in [5, 5.41) is 40.0. The van der Waals surface area contributed by atoms with Gasteiger partial charge in [-0.05, 0) is 89.9 Å². The predicted molar refractivity (Wildman–Crippen MR) is 228 cm³/mol. The monoisotopic (exact) mass is 797 g/mol. The largest absolute Gasteiger partial charge is 0.462 e. The van der Waals surface area contributed by atoms with Crippen molar-refractivity contribution in [2.45, 2.75) is 153 Å². The molecule has 0 bridgehead atoms. The molecule has 1 rings (SSSR count). The van der Waals surface area contributed by atoms with Gasteiger partial charge in [0.15, 0.2) is 12.4 Å². The van der Waals surface area contributed by atoms with Gasteiger partial charge in [0.2, 0.25) is 0 Å². The van der Waals surface area contributed by atoms with E-state index in [0.29, 0.717) is 12.8 Å². The van der Waals surface area contributed by atoms with Crippen LogP contribution in [0.4, 0.5) is 0 Å². The van der Waals surface area contributed by atoms with Gasteiger partial charge in [-0.25, -0.2) is 0 Å². The summed E-state index contributed by atoms with van der Waals surface area (Å²) in [4.78, 5) is 25.3. The second-order valence-electron chi connectivity index (χ2n) is 13.8. The molecule has 1 aliphatic heterocycles. The SMILES string of the molecule is C=CC/C=C/C/C=C/C/C=C/C/C=C/CCCCC(=O)O[C@H](COC(=O)CCCCC/C=C/C/C=C/C/C=C/C/C=C/CC)COC1OC(CO)C(O)C(O)C1O. The van der Waals surface area contributed by atoms with Crippen LogP contribution < -0.4 is 0 Å². The minimum absolute atomic E-state index is 0.159. The molecule has 5 unspecified atom stereocenters. The summed E-state index contributed by atoms with van der Waals surface area (Å²) in [7, 11) is 0. The molecule has 0 aromatic rings. The smallest absolute Gasteiger partial charge is 0.306 e. The molecular formula is C47H72O10. The topological polar surface area (TPSA) is 152 Å². The first-order valence-corrected chi connectivity index (χ1v) is 20.9. The number of hydrogen-bond acceptors (Lipinski definition) is 10. The number of hydrogen-bond donors (Lipinski definition) is 4. The molecule has 6 atom stereocenters. The Balaban J connectivity index is 2.43. The Morgan fingerprint density at radius 1 is 0.596 bits per heavy atom. The van der Waals surface area contributed by atoms with Gasteiger partial charge in [-0.2, -0.15) is 0 Å². The normalized spacial score (nSPS) is 21.2. The zero-order valence-corrected chi connectivity index (χ0v) is 34.4. The molecule has 1 aliphatic rings. The summed E-state index contributed by atoms with van der Waals surface area (Å²) in [6, 6.07) is 0. The molecule has 1 saturated heterocycles. The summed E-state index contributed by atoms with van der Waals surface area (Å²) < 4.78 is 22.0. The van der Waals surface area contributed by atoms with E-state index in [4.69, 9.17) is 18.9 Å². The van der Waals surface area contributed by atoms with Gasteiger partial charge in [0.05, 0.1) is 13.2 Å². The predicted octanol–water partition coefficient (Wildman–Crippen LogP) is 8.55. The lowest BCUT2D eigenvalue weighted by Gasteiger charge is -2.39.